The summed E-state index contributed by atoms with van der Waals surface area (Å²) in [6.07, 6.45) is 0.353. The van der Waals surface area contributed by atoms with Gasteiger partial charge >= 0.3 is 0 Å². The van der Waals surface area contributed by atoms with Gasteiger partial charge in [-0.15, -0.1) is 0 Å². The van der Waals surface area contributed by atoms with Crippen molar-refractivity contribution in [3.05, 3.63) is 35.4 Å². The van der Waals surface area contributed by atoms with Gasteiger partial charge in [-0.1, -0.05) is 29.8 Å². The second kappa shape index (κ2) is 6.98. The molecule has 1 fully saturated rings. The summed E-state index contributed by atoms with van der Waals surface area (Å²) in [4.78, 5) is 12.3. The van der Waals surface area contributed by atoms with Gasteiger partial charge in [-0.05, 0) is 32.8 Å². The highest BCUT2D eigenvalue weighted by Gasteiger charge is 2.42. The van der Waals surface area contributed by atoms with E-state index in [1.807, 2.05) is 32.9 Å². The predicted octanol–water partition coefficient (Wildman–Crippen LogP) is 0.751. The normalized spacial score (nSPS) is 22.5. The fourth-order valence-electron chi connectivity index (χ4n) is 2.74. The summed E-state index contributed by atoms with van der Waals surface area (Å²) < 4.78 is 26.7. The van der Waals surface area contributed by atoms with Crippen molar-refractivity contribution in [2.75, 3.05) is 6.54 Å². The molecule has 6 nitrogen and oxygen atoms in total. The summed E-state index contributed by atoms with van der Waals surface area (Å²) in [7, 11) is -3.60. The van der Waals surface area contributed by atoms with Crippen LogP contribution in [-0.2, 0) is 20.6 Å². The summed E-state index contributed by atoms with van der Waals surface area (Å²) >= 11 is 0. The number of benzene rings is 1. The Kier molecular flexibility index (Phi) is 5.44. The van der Waals surface area contributed by atoms with Crippen LogP contribution in [0.15, 0.2) is 24.3 Å². The molecule has 1 amide bonds. The van der Waals surface area contributed by atoms with Crippen LogP contribution in [0.3, 0.4) is 0 Å². The molecular formula is C16H25N3O3S. The van der Waals surface area contributed by atoms with E-state index in [4.69, 9.17) is 5.73 Å². The molecule has 3 N–H and O–H groups in total. The summed E-state index contributed by atoms with van der Waals surface area (Å²) in [5.41, 5.74) is 7.69. The fraction of sp³-hybridized carbons (Fsp3) is 0.562. The van der Waals surface area contributed by atoms with E-state index in [0.29, 0.717) is 12.0 Å². The monoisotopic (exact) mass is 339 g/mol. The fourth-order valence-corrected chi connectivity index (χ4v) is 4.51. The molecule has 7 heteroatoms. The van der Waals surface area contributed by atoms with Gasteiger partial charge in [0.15, 0.2) is 0 Å². The van der Waals surface area contributed by atoms with Crippen molar-refractivity contribution in [1.82, 2.24) is 9.62 Å². The first-order chi connectivity index (χ1) is 10.7. The van der Waals surface area contributed by atoms with E-state index in [0.717, 1.165) is 5.56 Å². The third-order valence-electron chi connectivity index (χ3n) is 3.85. The number of hydrogen-bond donors (Lipinski definition) is 2. The van der Waals surface area contributed by atoms with Crippen molar-refractivity contribution < 1.29 is 13.2 Å². The van der Waals surface area contributed by atoms with Crippen LogP contribution in [0.4, 0.5) is 0 Å². The average Bonchev–Trinajstić information content (AvgIpc) is 2.84. The molecule has 1 aromatic rings. The van der Waals surface area contributed by atoms with Crippen LogP contribution in [0.25, 0.3) is 0 Å². The molecule has 1 aliphatic rings. The molecule has 1 aliphatic heterocycles. The second-order valence-corrected chi connectivity index (χ2v) is 8.41. The lowest BCUT2D eigenvalue weighted by atomic mass is 10.1. The minimum Gasteiger partial charge on any atom is -0.353 e. The number of carbonyl (C=O) groups excluding carboxylic acids is 1. The largest absolute Gasteiger partial charge is 0.353 e. The molecule has 2 atom stereocenters. The number of nitrogens with two attached hydrogens (primary N) is 1. The minimum atomic E-state index is -3.60. The number of nitrogens with one attached hydrogen (secondary N) is 1. The smallest absolute Gasteiger partial charge is 0.238 e. The van der Waals surface area contributed by atoms with Gasteiger partial charge in [-0.25, -0.2) is 8.42 Å². The van der Waals surface area contributed by atoms with Crippen LogP contribution in [0, 0.1) is 6.92 Å². The van der Waals surface area contributed by atoms with Crippen LogP contribution >= 0.6 is 0 Å². The molecule has 0 aliphatic carbocycles. The maximum absolute atomic E-state index is 12.7. The average molecular weight is 339 g/mol. The number of hydrogen-bond acceptors (Lipinski definition) is 4. The third kappa shape index (κ3) is 4.53. The van der Waals surface area contributed by atoms with Gasteiger partial charge in [0.05, 0.1) is 5.75 Å². The third-order valence-corrected chi connectivity index (χ3v) is 5.66. The molecule has 128 valence electrons. The van der Waals surface area contributed by atoms with Gasteiger partial charge in [0, 0.05) is 18.6 Å². The highest BCUT2D eigenvalue weighted by molar-refractivity contribution is 7.88. The Morgan fingerprint density at radius 3 is 2.52 bits per heavy atom. The van der Waals surface area contributed by atoms with E-state index in [2.05, 4.69) is 5.32 Å². The van der Waals surface area contributed by atoms with E-state index in [1.165, 1.54) is 4.31 Å². The molecule has 0 bridgehead atoms. The van der Waals surface area contributed by atoms with Crippen LogP contribution in [0.2, 0.25) is 0 Å². The summed E-state index contributed by atoms with van der Waals surface area (Å²) in [5.74, 6) is -0.397. The van der Waals surface area contributed by atoms with Gasteiger partial charge in [0.2, 0.25) is 15.9 Å². The van der Waals surface area contributed by atoms with E-state index in [9.17, 15) is 13.2 Å². The van der Waals surface area contributed by atoms with Crippen LogP contribution < -0.4 is 11.1 Å². The molecule has 0 spiro atoms. The quantitative estimate of drug-likeness (QED) is 0.828. The Morgan fingerprint density at radius 2 is 1.96 bits per heavy atom. The van der Waals surface area contributed by atoms with Gasteiger partial charge in [0.25, 0.3) is 0 Å². The SMILES string of the molecule is Cc1ccc(CS(=O)(=O)N2C[C@@H](N)C[C@H]2C(=O)NC(C)C)cc1. The summed E-state index contributed by atoms with van der Waals surface area (Å²) in [6, 6.07) is 6.28. The summed E-state index contributed by atoms with van der Waals surface area (Å²) in [5, 5.41) is 2.78. The minimum absolute atomic E-state index is 0.0408. The highest BCUT2D eigenvalue weighted by Crippen LogP contribution is 2.23. The number of aryl methyl sites for hydroxylation is 1. The van der Waals surface area contributed by atoms with Gasteiger partial charge < -0.3 is 11.1 Å². The number of sulfonamides is 1. The van der Waals surface area contributed by atoms with Crippen LogP contribution in [-0.4, -0.2) is 43.3 Å². The molecular weight excluding hydrogens is 314 g/mol. The van der Waals surface area contributed by atoms with E-state index >= 15 is 0 Å². The van der Waals surface area contributed by atoms with Crippen molar-refractivity contribution in [3.63, 3.8) is 0 Å². The lowest BCUT2D eigenvalue weighted by molar-refractivity contribution is -0.124. The molecule has 0 saturated carbocycles. The first kappa shape index (κ1) is 17.9. The van der Waals surface area contributed by atoms with Gasteiger partial charge in [-0.2, -0.15) is 4.31 Å². The second-order valence-electron chi connectivity index (χ2n) is 6.49. The van der Waals surface area contributed by atoms with Crippen molar-refractivity contribution >= 4 is 15.9 Å². The zero-order valence-electron chi connectivity index (χ0n) is 13.8. The zero-order valence-corrected chi connectivity index (χ0v) is 14.6. The van der Waals surface area contributed by atoms with Gasteiger partial charge in [0.1, 0.15) is 6.04 Å². The Labute approximate surface area is 138 Å². The number of amides is 1. The van der Waals surface area contributed by atoms with Gasteiger partial charge in [-0.3, -0.25) is 4.79 Å². The maximum atomic E-state index is 12.7. The first-order valence-corrected chi connectivity index (χ1v) is 9.41. The summed E-state index contributed by atoms with van der Waals surface area (Å²) in [6.45, 7) is 5.82. The van der Waals surface area contributed by atoms with Crippen molar-refractivity contribution in [2.24, 2.45) is 5.73 Å². The van der Waals surface area contributed by atoms with E-state index < -0.39 is 16.1 Å². The Morgan fingerprint density at radius 1 is 1.35 bits per heavy atom. The maximum Gasteiger partial charge on any atom is 0.238 e. The number of nitrogens with zero attached hydrogens (tertiary/aromatic N) is 1. The first-order valence-electron chi connectivity index (χ1n) is 7.80. The standard InChI is InChI=1S/C16H25N3O3S/c1-11(2)18-16(20)15-8-14(17)9-19(15)23(21,22)10-13-6-4-12(3)5-7-13/h4-7,11,14-15H,8-10,17H2,1-3H3,(H,18,20)/t14-,15-/m0/s1. The Bertz CT molecular complexity index is 656. The lowest BCUT2D eigenvalue weighted by Crippen LogP contribution is -2.47. The lowest BCUT2D eigenvalue weighted by Gasteiger charge is -2.24. The number of rotatable bonds is 5. The Balaban J connectivity index is 2.18. The van der Waals surface area contributed by atoms with E-state index in [1.54, 1.807) is 12.1 Å². The van der Waals surface area contributed by atoms with Crippen LogP contribution in [0.1, 0.15) is 31.4 Å². The highest BCUT2D eigenvalue weighted by atomic mass is 32.2. The predicted molar refractivity (Wildman–Crippen MR) is 90.2 cm³/mol. The molecule has 1 aromatic carbocycles. The molecule has 0 radical (unpaired) electrons. The molecule has 0 unspecified atom stereocenters. The van der Waals surface area contributed by atoms with Crippen LogP contribution in [0.5, 0.6) is 0 Å². The molecule has 0 aromatic heterocycles. The molecule has 23 heavy (non-hydrogen) atoms. The van der Waals surface area contributed by atoms with Crippen molar-refractivity contribution in [3.8, 4) is 0 Å². The van der Waals surface area contributed by atoms with Crippen molar-refractivity contribution in [2.45, 2.75) is 51.1 Å². The molecule has 2 rings (SSSR count). The van der Waals surface area contributed by atoms with E-state index in [-0.39, 0.29) is 30.3 Å². The van der Waals surface area contributed by atoms with Crippen molar-refractivity contribution in [1.29, 1.82) is 0 Å². The molecule has 1 heterocycles. The Hall–Kier alpha value is -1.44. The zero-order chi connectivity index (χ0) is 17.2. The molecule has 1 saturated heterocycles. The number of carbonyl (C=O) groups is 1. The topological polar surface area (TPSA) is 92.5 Å².